The second-order valence-electron chi connectivity index (χ2n) is 2.70. The van der Waals surface area contributed by atoms with Gasteiger partial charge in [-0.05, 0) is 6.42 Å². The molecule has 2 heteroatoms. The van der Waals surface area contributed by atoms with E-state index in [0.717, 1.165) is 6.42 Å². The van der Waals surface area contributed by atoms with Crippen molar-refractivity contribution in [1.29, 1.82) is 0 Å². The number of carbonyl (C=O) groups excluding carboxylic acids is 1. The molecular weight excluding hydrogens is 136 g/mol. The lowest BCUT2D eigenvalue weighted by Crippen LogP contribution is -2.18. The fraction of sp³-hybridized carbons (Fsp3) is 0.571. The lowest BCUT2D eigenvalue weighted by molar-refractivity contribution is -0.119. The Bertz CT molecular complexity index is 185. The highest BCUT2D eigenvalue weighted by molar-refractivity contribution is 6.33. The van der Waals surface area contributed by atoms with Crippen molar-refractivity contribution in [1.82, 2.24) is 0 Å². The zero-order chi connectivity index (χ0) is 6.43. The second-order valence-corrected chi connectivity index (χ2v) is 3.17. The summed E-state index contributed by atoms with van der Waals surface area (Å²) in [4.78, 5) is 11.0. The third-order valence-electron chi connectivity index (χ3n) is 2.13. The monoisotopic (exact) mass is 142 g/mol. The van der Waals surface area contributed by atoms with Crippen LogP contribution in [0.2, 0.25) is 0 Å². The standard InChI is InChI=1S/C7H7ClO/c8-6-4-1-2-5(3-4)7(6)9/h1-2,4-6H,3H2. The molecule has 1 saturated carbocycles. The number of rotatable bonds is 0. The summed E-state index contributed by atoms with van der Waals surface area (Å²) >= 11 is 5.76. The topological polar surface area (TPSA) is 17.1 Å². The maximum Gasteiger partial charge on any atom is 0.158 e. The Hall–Kier alpha value is -0.300. The van der Waals surface area contributed by atoms with E-state index in [1.807, 2.05) is 6.08 Å². The maximum absolute atomic E-state index is 11.0. The molecule has 0 amide bonds. The molecule has 1 fully saturated rings. The Morgan fingerprint density at radius 2 is 2.33 bits per heavy atom. The third kappa shape index (κ3) is 0.584. The predicted molar refractivity (Wildman–Crippen MR) is 35.4 cm³/mol. The Morgan fingerprint density at radius 3 is 2.67 bits per heavy atom. The van der Waals surface area contributed by atoms with Crippen LogP contribution >= 0.6 is 11.6 Å². The van der Waals surface area contributed by atoms with Crippen molar-refractivity contribution >= 4 is 17.4 Å². The number of hydrogen-bond acceptors (Lipinski definition) is 1. The van der Waals surface area contributed by atoms with Crippen molar-refractivity contribution in [3.8, 4) is 0 Å². The van der Waals surface area contributed by atoms with Crippen molar-refractivity contribution < 1.29 is 4.79 Å². The van der Waals surface area contributed by atoms with Gasteiger partial charge in [-0.2, -0.15) is 0 Å². The van der Waals surface area contributed by atoms with E-state index in [2.05, 4.69) is 6.08 Å². The number of alkyl halides is 1. The highest BCUT2D eigenvalue weighted by atomic mass is 35.5. The van der Waals surface area contributed by atoms with E-state index in [1.165, 1.54) is 0 Å². The van der Waals surface area contributed by atoms with E-state index in [1.54, 1.807) is 0 Å². The molecular formula is C7H7ClO. The average Bonchev–Trinajstić information content (AvgIpc) is 2.37. The van der Waals surface area contributed by atoms with E-state index in [9.17, 15) is 4.79 Å². The molecule has 3 atom stereocenters. The number of ketones is 1. The summed E-state index contributed by atoms with van der Waals surface area (Å²) in [5.41, 5.74) is 0. The number of fused-ring (bicyclic) bond motifs is 2. The minimum Gasteiger partial charge on any atom is -0.297 e. The molecule has 2 bridgehead atoms. The quantitative estimate of drug-likeness (QED) is 0.369. The molecule has 0 heterocycles. The molecule has 2 aliphatic rings. The molecule has 2 aliphatic carbocycles. The molecule has 0 aromatic carbocycles. The third-order valence-corrected chi connectivity index (χ3v) is 2.67. The first-order valence-corrected chi connectivity index (χ1v) is 3.59. The largest absolute Gasteiger partial charge is 0.297 e. The van der Waals surface area contributed by atoms with Crippen LogP contribution in [0.1, 0.15) is 6.42 Å². The van der Waals surface area contributed by atoms with Crippen molar-refractivity contribution in [2.75, 3.05) is 0 Å². The van der Waals surface area contributed by atoms with Crippen molar-refractivity contribution in [2.24, 2.45) is 11.8 Å². The van der Waals surface area contributed by atoms with Gasteiger partial charge in [-0.25, -0.2) is 0 Å². The molecule has 0 radical (unpaired) electrons. The minimum atomic E-state index is -0.208. The fourth-order valence-corrected chi connectivity index (χ4v) is 1.92. The predicted octanol–water partition coefficient (Wildman–Crippen LogP) is 1.37. The number of Topliss-reactive ketones (excluding diaryl/α,β-unsaturated/α-hetero) is 1. The van der Waals surface area contributed by atoms with Crippen LogP contribution in [0.4, 0.5) is 0 Å². The molecule has 0 aliphatic heterocycles. The van der Waals surface area contributed by atoms with Gasteiger partial charge in [-0.15, -0.1) is 11.6 Å². The van der Waals surface area contributed by atoms with Crippen LogP contribution in [0.5, 0.6) is 0 Å². The molecule has 0 aromatic rings. The van der Waals surface area contributed by atoms with Gasteiger partial charge in [-0.1, -0.05) is 12.2 Å². The summed E-state index contributed by atoms with van der Waals surface area (Å²) in [6, 6.07) is 0. The highest BCUT2D eigenvalue weighted by Gasteiger charge is 2.41. The molecule has 0 N–H and O–H groups in total. The van der Waals surface area contributed by atoms with Crippen LogP contribution in [0, 0.1) is 11.8 Å². The molecule has 0 spiro atoms. The molecule has 1 nitrogen and oxygen atoms in total. The lowest BCUT2D eigenvalue weighted by atomic mass is 10.1. The van der Waals surface area contributed by atoms with Gasteiger partial charge in [0.15, 0.2) is 5.78 Å². The summed E-state index contributed by atoms with van der Waals surface area (Å²) in [5.74, 6) is 0.742. The first-order valence-electron chi connectivity index (χ1n) is 3.15. The molecule has 0 aromatic heterocycles. The average molecular weight is 143 g/mol. The van der Waals surface area contributed by atoms with E-state index in [-0.39, 0.29) is 17.1 Å². The van der Waals surface area contributed by atoms with Crippen molar-refractivity contribution in [3.63, 3.8) is 0 Å². The van der Waals surface area contributed by atoms with E-state index >= 15 is 0 Å². The fourth-order valence-electron chi connectivity index (χ4n) is 1.57. The van der Waals surface area contributed by atoms with Gasteiger partial charge >= 0.3 is 0 Å². The smallest absolute Gasteiger partial charge is 0.158 e. The van der Waals surface area contributed by atoms with Crippen molar-refractivity contribution in [3.05, 3.63) is 12.2 Å². The molecule has 3 unspecified atom stereocenters. The number of hydrogen-bond donors (Lipinski definition) is 0. The summed E-state index contributed by atoms with van der Waals surface area (Å²) in [7, 11) is 0. The Balaban J connectivity index is 2.36. The number of carbonyl (C=O) groups is 1. The maximum atomic E-state index is 11.0. The molecule has 0 saturated heterocycles. The van der Waals surface area contributed by atoms with Crippen LogP contribution < -0.4 is 0 Å². The minimum absolute atomic E-state index is 0.164. The Kier molecular flexibility index (Phi) is 0.974. The van der Waals surface area contributed by atoms with Gasteiger partial charge in [-0.3, -0.25) is 4.79 Å². The zero-order valence-corrected chi connectivity index (χ0v) is 5.64. The van der Waals surface area contributed by atoms with Crippen LogP contribution in [-0.4, -0.2) is 11.2 Å². The van der Waals surface area contributed by atoms with Crippen molar-refractivity contribution in [2.45, 2.75) is 11.8 Å². The summed E-state index contributed by atoms with van der Waals surface area (Å²) in [6.07, 6.45) is 5.00. The zero-order valence-electron chi connectivity index (χ0n) is 4.88. The van der Waals surface area contributed by atoms with Crippen LogP contribution in [0.15, 0.2) is 12.2 Å². The molecule has 9 heavy (non-hydrogen) atoms. The van der Waals surface area contributed by atoms with Gasteiger partial charge in [0.25, 0.3) is 0 Å². The van der Waals surface area contributed by atoms with E-state index in [0.29, 0.717) is 5.92 Å². The summed E-state index contributed by atoms with van der Waals surface area (Å²) < 4.78 is 0. The SMILES string of the molecule is O=C1C2C=CC(C2)C1Cl. The van der Waals surface area contributed by atoms with Gasteiger partial charge < -0.3 is 0 Å². The van der Waals surface area contributed by atoms with Gasteiger partial charge in [0.05, 0.1) is 5.38 Å². The van der Waals surface area contributed by atoms with Gasteiger partial charge in [0, 0.05) is 11.8 Å². The first-order chi connectivity index (χ1) is 4.29. The second kappa shape index (κ2) is 1.60. The van der Waals surface area contributed by atoms with Crippen LogP contribution in [-0.2, 0) is 4.79 Å². The summed E-state index contributed by atoms with van der Waals surface area (Å²) in [5, 5.41) is -0.208. The van der Waals surface area contributed by atoms with E-state index < -0.39 is 0 Å². The number of halogens is 1. The Labute approximate surface area is 58.7 Å². The van der Waals surface area contributed by atoms with Gasteiger partial charge in [0.2, 0.25) is 0 Å². The van der Waals surface area contributed by atoms with Crippen LogP contribution in [0.25, 0.3) is 0 Å². The number of allylic oxidation sites excluding steroid dienone is 2. The van der Waals surface area contributed by atoms with Crippen LogP contribution in [0.3, 0.4) is 0 Å². The molecule has 2 rings (SSSR count). The first kappa shape index (κ1) is 5.48. The van der Waals surface area contributed by atoms with Gasteiger partial charge in [0.1, 0.15) is 0 Å². The lowest BCUT2D eigenvalue weighted by Gasteiger charge is -2.06. The molecule has 48 valence electrons. The van der Waals surface area contributed by atoms with E-state index in [4.69, 9.17) is 11.6 Å². The normalized spacial score (nSPS) is 46.8. The highest BCUT2D eigenvalue weighted by Crippen LogP contribution is 2.39. The Morgan fingerprint density at radius 1 is 1.56 bits per heavy atom. The summed E-state index contributed by atoms with van der Waals surface area (Å²) in [6.45, 7) is 0.